The molecular weight excluding hydrogens is 184 g/mol. The van der Waals surface area contributed by atoms with Crippen LogP contribution in [0.3, 0.4) is 0 Å². The van der Waals surface area contributed by atoms with E-state index < -0.39 is 11.9 Å². The van der Waals surface area contributed by atoms with E-state index in [2.05, 4.69) is 22.6 Å². The summed E-state index contributed by atoms with van der Waals surface area (Å²) in [5.74, 6) is -0.969. The fourth-order valence-corrected chi connectivity index (χ4v) is 0.669. The number of hydrogen-bond acceptors (Lipinski definition) is 4. The van der Waals surface area contributed by atoms with Crippen LogP contribution in [0.2, 0.25) is 0 Å². The third-order valence-electron chi connectivity index (χ3n) is 1.38. The Labute approximate surface area is 83.2 Å². The van der Waals surface area contributed by atoms with Gasteiger partial charge in [-0.05, 0) is 6.92 Å². The number of carbonyl (C=O) groups excluding carboxylic acids is 2. The Hall–Kier alpha value is -1.58. The van der Waals surface area contributed by atoms with Gasteiger partial charge in [0.25, 0.3) is 0 Å². The van der Waals surface area contributed by atoms with Gasteiger partial charge < -0.3 is 9.47 Å². The summed E-state index contributed by atoms with van der Waals surface area (Å²) in [5.41, 5.74) is 0.295. The minimum Gasteiger partial charge on any atom is -0.463 e. The third kappa shape index (κ3) is 5.13. The molecule has 0 aliphatic carbocycles. The van der Waals surface area contributed by atoms with E-state index in [0.717, 1.165) is 6.08 Å². The molecule has 0 aromatic rings. The fourth-order valence-electron chi connectivity index (χ4n) is 0.669. The molecule has 0 amide bonds. The topological polar surface area (TPSA) is 52.6 Å². The Morgan fingerprint density at radius 3 is 2.50 bits per heavy atom. The van der Waals surface area contributed by atoms with Crippen LogP contribution in [0.1, 0.15) is 13.3 Å². The van der Waals surface area contributed by atoms with Gasteiger partial charge >= 0.3 is 11.9 Å². The summed E-state index contributed by atoms with van der Waals surface area (Å²) in [6, 6.07) is 0. The van der Waals surface area contributed by atoms with Crippen molar-refractivity contribution in [1.29, 1.82) is 0 Å². The second-order valence-electron chi connectivity index (χ2n) is 2.45. The van der Waals surface area contributed by atoms with Gasteiger partial charge in [0.15, 0.2) is 0 Å². The lowest BCUT2D eigenvalue weighted by Gasteiger charge is -2.04. The van der Waals surface area contributed by atoms with E-state index in [9.17, 15) is 9.59 Å². The maximum absolute atomic E-state index is 11.0. The van der Waals surface area contributed by atoms with Crippen LogP contribution in [0.5, 0.6) is 0 Å². The lowest BCUT2D eigenvalue weighted by Crippen LogP contribution is -2.10. The van der Waals surface area contributed by atoms with Gasteiger partial charge in [0.1, 0.15) is 0 Å². The first-order chi connectivity index (χ1) is 6.61. The normalized spacial score (nSPS) is 8.93. The summed E-state index contributed by atoms with van der Waals surface area (Å²) in [5, 5.41) is 0. The van der Waals surface area contributed by atoms with Crippen LogP contribution in [-0.2, 0) is 19.1 Å². The van der Waals surface area contributed by atoms with Crippen LogP contribution in [0.25, 0.3) is 0 Å². The average molecular weight is 198 g/mol. The van der Waals surface area contributed by atoms with Gasteiger partial charge in [0.2, 0.25) is 0 Å². The quantitative estimate of drug-likeness (QED) is 0.475. The summed E-state index contributed by atoms with van der Waals surface area (Å²) in [4.78, 5) is 21.6. The first-order valence-corrected chi connectivity index (χ1v) is 4.25. The zero-order valence-corrected chi connectivity index (χ0v) is 8.25. The number of carbonyl (C=O) groups is 2. The van der Waals surface area contributed by atoms with Crippen molar-refractivity contribution in [3.8, 4) is 0 Å². The zero-order valence-electron chi connectivity index (χ0n) is 8.25. The van der Waals surface area contributed by atoms with E-state index in [1.165, 1.54) is 0 Å². The summed E-state index contributed by atoms with van der Waals surface area (Å²) < 4.78 is 9.35. The van der Waals surface area contributed by atoms with Crippen molar-refractivity contribution >= 4 is 11.9 Å². The van der Waals surface area contributed by atoms with Crippen molar-refractivity contribution in [3.63, 3.8) is 0 Å². The highest BCUT2D eigenvalue weighted by atomic mass is 16.5. The second kappa shape index (κ2) is 6.88. The molecule has 0 spiro atoms. The average Bonchev–Trinajstić information content (AvgIpc) is 2.17. The van der Waals surface area contributed by atoms with Crippen LogP contribution < -0.4 is 0 Å². The molecule has 0 saturated heterocycles. The van der Waals surface area contributed by atoms with Gasteiger partial charge in [-0.1, -0.05) is 13.2 Å². The van der Waals surface area contributed by atoms with E-state index in [1.54, 1.807) is 6.92 Å². The number of rotatable bonds is 6. The molecule has 4 nitrogen and oxygen atoms in total. The van der Waals surface area contributed by atoms with Crippen LogP contribution in [0.4, 0.5) is 0 Å². The van der Waals surface area contributed by atoms with Crippen molar-refractivity contribution in [1.82, 2.24) is 0 Å². The number of ether oxygens (including phenoxy) is 2. The van der Waals surface area contributed by atoms with Crippen LogP contribution >= 0.6 is 0 Å². The van der Waals surface area contributed by atoms with E-state index >= 15 is 0 Å². The zero-order chi connectivity index (χ0) is 11.0. The Bertz CT molecular complexity index is 243. The van der Waals surface area contributed by atoms with Crippen molar-refractivity contribution < 1.29 is 19.1 Å². The molecule has 0 aliphatic rings. The summed E-state index contributed by atoms with van der Waals surface area (Å²) in [6.45, 7) is 8.87. The maximum atomic E-state index is 11.0. The minimum atomic E-state index is -0.512. The molecule has 4 heteroatoms. The maximum Gasteiger partial charge on any atom is 0.333 e. The highest BCUT2D eigenvalue weighted by Gasteiger charge is 2.07. The molecule has 0 saturated carbocycles. The lowest BCUT2D eigenvalue weighted by atomic mass is 10.2. The third-order valence-corrected chi connectivity index (χ3v) is 1.38. The van der Waals surface area contributed by atoms with Crippen molar-refractivity contribution in [2.45, 2.75) is 13.3 Å². The predicted molar refractivity (Wildman–Crippen MR) is 51.5 cm³/mol. The lowest BCUT2D eigenvalue weighted by molar-refractivity contribution is -0.141. The summed E-state index contributed by atoms with van der Waals surface area (Å²) >= 11 is 0. The molecule has 78 valence electrons. The molecule has 0 aromatic heterocycles. The van der Waals surface area contributed by atoms with Crippen molar-refractivity contribution in [3.05, 3.63) is 24.8 Å². The Morgan fingerprint density at radius 2 is 2.00 bits per heavy atom. The Balaban J connectivity index is 3.68. The fraction of sp³-hybridized carbons (Fsp3) is 0.400. The highest BCUT2D eigenvalue weighted by Crippen LogP contribution is 2.01. The molecule has 0 bridgehead atoms. The van der Waals surface area contributed by atoms with Crippen LogP contribution in [-0.4, -0.2) is 25.2 Å². The van der Waals surface area contributed by atoms with E-state index in [4.69, 9.17) is 0 Å². The van der Waals surface area contributed by atoms with Crippen molar-refractivity contribution in [2.24, 2.45) is 0 Å². The molecule has 0 unspecified atom stereocenters. The predicted octanol–water partition coefficient (Wildman–Crippen LogP) is 1.22. The first-order valence-electron chi connectivity index (χ1n) is 4.25. The van der Waals surface area contributed by atoms with Crippen molar-refractivity contribution in [2.75, 3.05) is 13.2 Å². The second-order valence-corrected chi connectivity index (χ2v) is 2.45. The van der Waals surface area contributed by atoms with Gasteiger partial charge in [-0.3, -0.25) is 0 Å². The van der Waals surface area contributed by atoms with Gasteiger partial charge in [-0.25, -0.2) is 9.59 Å². The molecule has 0 radical (unpaired) electrons. The van der Waals surface area contributed by atoms with E-state index in [0.29, 0.717) is 12.2 Å². The Kier molecular flexibility index (Phi) is 6.11. The highest BCUT2D eigenvalue weighted by molar-refractivity contribution is 5.87. The largest absolute Gasteiger partial charge is 0.463 e. The number of hydrogen-bond donors (Lipinski definition) is 0. The van der Waals surface area contributed by atoms with Gasteiger partial charge in [0.05, 0.1) is 13.2 Å². The molecule has 0 N–H and O–H groups in total. The summed E-state index contributed by atoms with van der Waals surface area (Å²) in [6.07, 6.45) is 1.34. The standard InChI is InChI=1S/C10H14O4/c1-4-9(11)14-7-6-8(3)10(12)13-5-2/h4H,1,3,5-7H2,2H3. The molecular formula is C10H14O4. The molecule has 0 rings (SSSR count). The van der Waals surface area contributed by atoms with E-state index in [-0.39, 0.29) is 13.0 Å². The van der Waals surface area contributed by atoms with E-state index in [1.807, 2.05) is 0 Å². The Morgan fingerprint density at radius 1 is 1.36 bits per heavy atom. The molecule has 0 fully saturated rings. The van der Waals surface area contributed by atoms with Gasteiger partial charge in [-0.2, -0.15) is 0 Å². The monoisotopic (exact) mass is 198 g/mol. The molecule has 0 heterocycles. The van der Waals surface area contributed by atoms with Crippen LogP contribution in [0.15, 0.2) is 24.8 Å². The van der Waals surface area contributed by atoms with Crippen LogP contribution in [0, 0.1) is 0 Å². The number of esters is 2. The minimum absolute atomic E-state index is 0.114. The smallest absolute Gasteiger partial charge is 0.333 e. The first kappa shape index (κ1) is 12.4. The molecule has 14 heavy (non-hydrogen) atoms. The molecule has 0 atom stereocenters. The molecule has 0 aliphatic heterocycles. The van der Waals surface area contributed by atoms with Gasteiger partial charge in [-0.15, -0.1) is 0 Å². The summed E-state index contributed by atoms with van der Waals surface area (Å²) in [7, 11) is 0. The molecule has 0 aromatic carbocycles. The van der Waals surface area contributed by atoms with Gasteiger partial charge in [0, 0.05) is 18.1 Å². The SMILES string of the molecule is C=CC(=O)OCCC(=C)C(=O)OCC.